The van der Waals surface area contributed by atoms with Crippen LogP contribution < -0.4 is 19.1 Å². The lowest BCUT2D eigenvalue weighted by atomic mass is 9.95. The highest BCUT2D eigenvalue weighted by molar-refractivity contribution is 8.00. The highest BCUT2D eigenvalue weighted by atomic mass is 32.2. The predicted molar refractivity (Wildman–Crippen MR) is 160 cm³/mol. The third-order valence-corrected chi connectivity index (χ3v) is 8.81. The van der Waals surface area contributed by atoms with Crippen molar-refractivity contribution >= 4 is 45.7 Å². The summed E-state index contributed by atoms with van der Waals surface area (Å²) in [5.41, 5.74) is 1.59. The van der Waals surface area contributed by atoms with Crippen molar-refractivity contribution in [3.8, 4) is 17.2 Å². The van der Waals surface area contributed by atoms with Gasteiger partial charge in [0.2, 0.25) is 5.13 Å². The van der Waals surface area contributed by atoms with Crippen LogP contribution in [-0.2, 0) is 15.3 Å². The fraction of sp³-hybridized carbons (Fsp3) is 0.161. The molecule has 0 saturated carbocycles. The smallest absolute Gasteiger partial charge is 0.301 e. The quantitative estimate of drug-likeness (QED) is 0.0610. The number of aliphatic hydroxyl groups excluding tert-OH is 1. The summed E-state index contributed by atoms with van der Waals surface area (Å²) >= 11 is 2.51. The first kappa shape index (κ1) is 28.4. The second-order valence-electron chi connectivity index (χ2n) is 9.47. The average Bonchev–Trinajstić information content (AvgIpc) is 3.61. The standard InChI is InChI=1S/C31H24FN3O6S2/c1-2-12-39-22-5-3-4-19(15-22)26-25(27(36)20-8-11-23-24(16-20)41-14-13-40-23)28(37)29(38)35(26)30-33-34-31(43-30)42-17-18-6-9-21(32)10-7-18/h2-11,15-16,26,36H,1,12-14,17H2. The number of hydrogen-bond donors (Lipinski definition) is 1. The Balaban J connectivity index is 1.39. The van der Waals surface area contributed by atoms with Gasteiger partial charge in [-0.1, -0.05) is 60.0 Å². The number of fused-ring (bicyclic) bond motifs is 1. The number of amides is 1. The molecule has 2 aliphatic heterocycles. The van der Waals surface area contributed by atoms with Gasteiger partial charge in [-0.25, -0.2) is 4.39 Å². The number of carbonyl (C=O) groups excluding carboxylic acids is 2. The van der Waals surface area contributed by atoms with Crippen LogP contribution in [0.2, 0.25) is 0 Å². The van der Waals surface area contributed by atoms with Crippen LogP contribution in [0.1, 0.15) is 22.7 Å². The topological polar surface area (TPSA) is 111 Å². The molecule has 4 aromatic rings. The zero-order valence-electron chi connectivity index (χ0n) is 22.6. The lowest BCUT2D eigenvalue weighted by molar-refractivity contribution is -0.132. The lowest BCUT2D eigenvalue weighted by Gasteiger charge is -2.23. The summed E-state index contributed by atoms with van der Waals surface area (Å²) in [5, 5.41) is 20.2. The zero-order chi connectivity index (χ0) is 29.9. The monoisotopic (exact) mass is 617 g/mol. The lowest BCUT2D eigenvalue weighted by Crippen LogP contribution is -2.29. The maximum atomic E-state index is 13.6. The van der Waals surface area contributed by atoms with Gasteiger partial charge in [0.15, 0.2) is 15.8 Å². The first-order valence-corrected chi connectivity index (χ1v) is 15.0. The number of nitrogens with zero attached hydrogens (tertiary/aromatic N) is 3. The second kappa shape index (κ2) is 12.3. The number of Topliss-reactive ketones (excluding diaryl/α,β-unsaturated/α-hetero) is 1. The molecule has 1 atom stereocenters. The third-order valence-electron chi connectivity index (χ3n) is 6.68. The minimum Gasteiger partial charge on any atom is -0.507 e. The van der Waals surface area contributed by atoms with E-state index in [0.717, 1.165) is 16.9 Å². The van der Waals surface area contributed by atoms with E-state index in [0.29, 0.717) is 51.7 Å². The normalized spacial score (nSPS) is 17.2. The molecule has 1 aromatic heterocycles. The van der Waals surface area contributed by atoms with E-state index in [1.54, 1.807) is 60.7 Å². The predicted octanol–water partition coefficient (Wildman–Crippen LogP) is 5.93. The number of carbonyl (C=O) groups is 2. The fourth-order valence-electron chi connectivity index (χ4n) is 4.70. The number of benzene rings is 3. The number of thioether (sulfide) groups is 1. The molecule has 3 heterocycles. The molecule has 3 aromatic carbocycles. The molecule has 1 N–H and O–H groups in total. The summed E-state index contributed by atoms with van der Waals surface area (Å²) in [6.45, 7) is 4.68. The molecule has 9 nitrogen and oxygen atoms in total. The van der Waals surface area contributed by atoms with Gasteiger partial charge in [-0.05, 0) is 53.6 Å². The number of aliphatic hydroxyl groups is 1. The van der Waals surface area contributed by atoms with Crippen molar-refractivity contribution in [3.63, 3.8) is 0 Å². The van der Waals surface area contributed by atoms with Crippen molar-refractivity contribution in [3.05, 3.63) is 107 Å². The van der Waals surface area contributed by atoms with Gasteiger partial charge in [-0.2, -0.15) is 0 Å². The Labute approximate surface area is 254 Å². The molecule has 43 heavy (non-hydrogen) atoms. The van der Waals surface area contributed by atoms with Gasteiger partial charge in [0.1, 0.15) is 37.1 Å². The average molecular weight is 618 g/mol. The third kappa shape index (κ3) is 5.84. The van der Waals surface area contributed by atoms with E-state index in [9.17, 15) is 19.1 Å². The SMILES string of the molecule is C=CCOc1cccc(C2C(=C(O)c3ccc4c(c3)OCCO4)C(=O)C(=O)N2c2nnc(SCc3ccc(F)cc3)s2)c1. The van der Waals surface area contributed by atoms with Gasteiger partial charge in [0.25, 0.3) is 5.78 Å². The Hall–Kier alpha value is -4.68. The van der Waals surface area contributed by atoms with Crippen LogP contribution in [0.15, 0.2) is 89.3 Å². The first-order chi connectivity index (χ1) is 20.9. The van der Waals surface area contributed by atoms with Crippen LogP contribution in [0.4, 0.5) is 9.52 Å². The highest BCUT2D eigenvalue weighted by Crippen LogP contribution is 2.45. The summed E-state index contributed by atoms with van der Waals surface area (Å²) in [6, 6.07) is 16.9. The van der Waals surface area contributed by atoms with Crippen LogP contribution in [0.25, 0.3) is 5.76 Å². The van der Waals surface area contributed by atoms with E-state index in [1.807, 2.05) is 0 Å². The molecule has 0 spiro atoms. The van der Waals surface area contributed by atoms with Crippen LogP contribution in [-0.4, -0.2) is 46.8 Å². The molecule has 1 unspecified atom stereocenters. The first-order valence-electron chi connectivity index (χ1n) is 13.2. The van der Waals surface area contributed by atoms with Crippen molar-refractivity contribution < 1.29 is 33.3 Å². The van der Waals surface area contributed by atoms with Gasteiger partial charge in [0.05, 0.1) is 11.6 Å². The van der Waals surface area contributed by atoms with E-state index in [2.05, 4.69) is 16.8 Å². The van der Waals surface area contributed by atoms with E-state index < -0.39 is 17.7 Å². The summed E-state index contributed by atoms with van der Waals surface area (Å²) < 4.78 is 30.8. The molecule has 1 fully saturated rings. The molecule has 1 saturated heterocycles. The molecule has 12 heteroatoms. The zero-order valence-corrected chi connectivity index (χ0v) is 24.2. The summed E-state index contributed by atoms with van der Waals surface area (Å²) in [4.78, 5) is 28.4. The fourth-order valence-corrected chi connectivity index (χ4v) is 6.53. The van der Waals surface area contributed by atoms with Gasteiger partial charge >= 0.3 is 5.91 Å². The Kier molecular flexibility index (Phi) is 8.12. The Morgan fingerprint density at radius 1 is 1.09 bits per heavy atom. The number of rotatable bonds is 9. The summed E-state index contributed by atoms with van der Waals surface area (Å²) in [6.07, 6.45) is 1.60. The second-order valence-corrected chi connectivity index (χ2v) is 11.6. The minimum absolute atomic E-state index is 0.113. The summed E-state index contributed by atoms with van der Waals surface area (Å²) in [5.74, 6) is -0.468. The van der Waals surface area contributed by atoms with Crippen molar-refractivity contribution in [2.75, 3.05) is 24.7 Å². The van der Waals surface area contributed by atoms with Crippen molar-refractivity contribution in [2.24, 2.45) is 0 Å². The van der Waals surface area contributed by atoms with E-state index in [1.165, 1.54) is 28.8 Å². The molecule has 0 aliphatic carbocycles. The molecule has 1 amide bonds. The van der Waals surface area contributed by atoms with E-state index >= 15 is 0 Å². The Bertz CT molecular complexity index is 1740. The van der Waals surface area contributed by atoms with Gasteiger partial charge in [0, 0.05) is 11.3 Å². The number of ketones is 1. The van der Waals surface area contributed by atoms with E-state index in [4.69, 9.17) is 14.2 Å². The number of hydrogen-bond acceptors (Lipinski definition) is 10. The molecule has 218 valence electrons. The molecular weight excluding hydrogens is 593 g/mol. The number of halogens is 1. The molecule has 6 rings (SSSR count). The minimum atomic E-state index is -1.02. The molecular formula is C31H24FN3O6S2. The van der Waals surface area contributed by atoms with E-state index in [-0.39, 0.29) is 28.9 Å². The van der Waals surface area contributed by atoms with Gasteiger partial charge in [-0.15, -0.1) is 10.2 Å². The van der Waals surface area contributed by atoms with Crippen molar-refractivity contribution in [1.82, 2.24) is 10.2 Å². The number of aromatic nitrogens is 2. The van der Waals surface area contributed by atoms with Crippen LogP contribution in [0.3, 0.4) is 0 Å². The molecule has 0 bridgehead atoms. The van der Waals surface area contributed by atoms with Crippen molar-refractivity contribution in [1.29, 1.82) is 0 Å². The number of anilines is 1. The Morgan fingerprint density at radius 2 is 1.88 bits per heavy atom. The Morgan fingerprint density at radius 3 is 2.67 bits per heavy atom. The van der Waals surface area contributed by atoms with Crippen LogP contribution in [0, 0.1) is 5.82 Å². The maximum absolute atomic E-state index is 13.6. The van der Waals surface area contributed by atoms with Gasteiger partial charge in [-0.3, -0.25) is 14.5 Å². The molecule has 2 aliphatic rings. The highest BCUT2D eigenvalue weighted by Gasteiger charge is 2.48. The van der Waals surface area contributed by atoms with Crippen LogP contribution >= 0.6 is 23.1 Å². The largest absolute Gasteiger partial charge is 0.507 e. The van der Waals surface area contributed by atoms with Crippen LogP contribution in [0.5, 0.6) is 17.2 Å². The van der Waals surface area contributed by atoms with Crippen molar-refractivity contribution in [2.45, 2.75) is 16.1 Å². The maximum Gasteiger partial charge on any atom is 0.301 e. The molecule has 0 radical (unpaired) electrons. The summed E-state index contributed by atoms with van der Waals surface area (Å²) in [7, 11) is 0. The number of ether oxygens (including phenoxy) is 3. The van der Waals surface area contributed by atoms with Gasteiger partial charge < -0.3 is 19.3 Å².